The summed E-state index contributed by atoms with van der Waals surface area (Å²) in [5.41, 5.74) is 0. The van der Waals surface area contributed by atoms with E-state index in [2.05, 4.69) is 98.9 Å². The molecule has 0 aromatic carbocycles. The lowest BCUT2D eigenvalue weighted by molar-refractivity contribution is -0.332. The lowest BCUT2D eigenvalue weighted by atomic mass is 9.98. The second kappa shape index (κ2) is 50.9. The summed E-state index contributed by atoms with van der Waals surface area (Å²) in [4.78, 5) is 13.1. The van der Waals surface area contributed by atoms with Crippen LogP contribution >= 0.6 is 0 Å². The summed E-state index contributed by atoms with van der Waals surface area (Å²) in [7, 11) is 0. The summed E-state index contributed by atoms with van der Waals surface area (Å²) < 4.78 is 34.5. The second-order valence-corrected chi connectivity index (χ2v) is 21.5. The monoisotopic (exact) mass is 1120 g/mol. The summed E-state index contributed by atoms with van der Waals surface area (Å²) in [6.45, 7) is 3.55. The molecule has 2 aliphatic heterocycles. The number of rotatable bonds is 50. The molecule has 2 saturated heterocycles. The maximum Gasteiger partial charge on any atom is 0.306 e. The van der Waals surface area contributed by atoms with E-state index in [0.29, 0.717) is 13.0 Å². The third-order valence-electron chi connectivity index (χ3n) is 14.4. The van der Waals surface area contributed by atoms with Crippen LogP contribution in [0.3, 0.4) is 0 Å². The fraction of sp³-hybridized carbons (Fsp3) is 0.769. The van der Waals surface area contributed by atoms with Crippen molar-refractivity contribution in [3.05, 3.63) is 85.1 Å². The van der Waals surface area contributed by atoms with Gasteiger partial charge in [0.15, 0.2) is 12.6 Å². The first-order valence-corrected chi connectivity index (χ1v) is 31.2. The lowest BCUT2D eigenvalue weighted by Gasteiger charge is -2.42. The average molecular weight is 1120 g/mol. The Labute approximate surface area is 478 Å². The smallest absolute Gasteiger partial charge is 0.306 e. The minimum atomic E-state index is -1.71. The summed E-state index contributed by atoms with van der Waals surface area (Å²) >= 11 is 0. The van der Waals surface area contributed by atoms with Crippen molar-refractivity contribution in [3.63, 3.8) is 0 Å². The van der Waals surface area contributed by atoms with Gasteiger partial charge in [0, 0.05) is 13.0 Å². The highest BCUT2D eigenvalue weighted by molar-refractivity contribution is 5.69. The molecule has 2 fully saturated rings. The van der Waals surface area contributed by atoms with E-state index in [4.69, 9.17) is 28.4 Å². The van der Waals surface area contributed by atoms with E-state index in [1.165, 1.54) is 103 Å². The third kappa shape index (κ3) is 37.1. The molecular weight excluding hydrogens is 1000 g/mol. The largest absolute Gasteiger partial charge is 0.457 e. The summed E-state index contributed by atoms with van der Waals surface area (Å²) in [5, 5.41) is 72.5. The van der Waals surface area contributed by atoms with Gasteiger partial charge in [-0.15, -0.1) is 0 Å². The molecule has 14 nitrogen and oxygen atoms in total. The first-order valence-electron chi connectivity index (χ1n) is 31.2. The zero-order valence-corrected chi connectivity index (χ0v) is 49.1. The van der Waals surface area contributed by atoms with Crippen molar-refractivity contribution in [2.24, 2.45) is 0 Å². The highest BCUT2D eigenvalue weighted by Crippen LogP contribution is 2.27. The van der Waals surface area contributed by atoms with Gasteiger partial charge in [0.1, 0.15) is 54.9 Å². The predicted octanol–water partition coefficient (Wildman–Crippen LogP) is 12.0. The fourth-order valence-electron chi connectivity index (χ4n) is 9.40. The molecule has 0 amide bonds. The molecule has 456 valence electrons. The van der Waals surface area contributed by atoms with Crippen LogP contribution in [0.2, 0.25) is 0 Å². The zero-order chi connectivity index (χ0) is 57.2. The first kappa shape index (κ1) is 72.3. The molecule has 7 N–H and O–H groups in total. The molecule has 0 saturated carbocycles. The van der Waals surface area contributed by atoms with Gasteiger partial charge in [-0.25, -0.2) is 0 Å². The van der Waals surface area contributed by atoms with Crippen molar-refractivity contribution >= 4 is 5.97 Å². The quantitative estimate of drug-likeness (QED) is 0.0172. The predicted molar refractivity (Wildman–Crippen MR) is 316 cm³/mol. The fourth-order valence-corrected chi connectivity index (χ4v) is 9.40. The van der Waals surface area contributed by atoms with E-state index in [0.717, 1.165) is 89.9 Å². The molecule has 0 aromatic heterocycles. The minimum Gasteiger partial charge on any atom is -0.457 e. The molecule has 79 heavy (non-hydrogen) atoms. The molecule has 14 heteroatoms. The van der Waals surface area contributed by atoms with Crippen LogP contribution in [-0.4, -0.2) is 142 Å². The van der Waals surface area contributed by atoms with E-state index < -0.39 is 80.7 Å². The lowest BCUT2D eigenvalue weighted by Crippen LogP contribution is -2.61. The van der Waals surface area contributed by atoms with E-state index in [1.54, 1.807) is 0 Å². The van der Waals surface area contributed by atoms with Gasteiger partial charge in [-0.1, -0.05) is 208 Å². The van der Waals surface area contributed by atoms with Crippen molar-refractivity contribution in [3.8, 4) is 0 Å². The molecule has 11 unspecified atom stereocenters. The maximum atomic E-state index is 13.1. The second-order valence-electron chi connectivity index (χ2n) is 21.5. The van der Waals surface area contributed by atoms with Crippen LogP contribution in [0.15, 0.2) is 85.1 Å². The van der Waals surface area contributed by atoms with Gasteiger partial charge in [-0.3, -0.25) is 4.79 Å². The van der Waals surface area contributed by atoms with Crippen molar-refractivity contribution in [1.82, 2.24) is 0 Å². The number of aliphatic hydroxyl groups excluding tert-OH is 7. The normalized spacial score (nSPS) is 24.6. The number of hydrogen-bond donors (Lipinski definition) is 7. The Hall–Kier alpha value is -2.83. The van der Waals surface area contributed by atoms with Crippen LogP contribution in [0.4, 0.5) is 0 Å². The molecule has 0 spiro atoms. The van der Waals surface area contributed by atoms with Gasteiger partial charge in [0.05, 0.1) is 26.4 Å². The van der Waals surface area contributed by atoms with Crippen LogP contribution in [0.5, 0.6) is 0 Å². The number of esters is 1. The number of unbranched alkanes of at least 4 members (excludes halogenated alkanes) is 22. The molecular formula is C65H112O14. The number of allylic oxidation sites excluding steroid dienone is 14. The average Bonchev–Trinajstić information content (AvgIpc) is 3.46. The van der Waals surface area contributed by atoms with Gasteiger partial charge in [-0.2, -0.15) is 0 Å². The Morgan fingerprint density at radius 1 is 0.430 bits per heavy atom. The molecule has 0 aromatic rings. The van der Waals surface area contributed by atoms with Crippen LogP contribution in [0, 0.1) is 0 Å². The Morgan fingerprint density at radius 2 is 0.823 bits per heavy atom. The topological polar surface area (TPSA) is 214 Å². The Morgan fingerprint density at radius 3 is 1.29 bits per heavy atom. The van der Waals surface area contributed by atoms with Crippen LogP contribution in [0.1, 0.15) is 219 Å². The standard InChI is InChI=1S/C65H112O14/c1-3-5-7-9-11-13-15-17-19-21-23-25-26-27-29-31-33-35-37-39-41-43-45-47-49-74-51-54(52-75-64-63(73)61(71)59(69)56(79-64)53-76-65-62(72)60(70)58(68)55(50-66)78-65)77-57(67)48-46-44-42-40-38-36-34-32-30-28-24-22-20-18-16-14-12-10-8-6-4-2/h5,7,11,13,16-19,22-25,27,29,54-56,58-66,68-73H,3-4,6,8-10,12,14-15,20-21,26,28,30-53H2,1-2H3/b7-5-,13-11-,18-16-,19-17-,24-22-,25-23-,29-27-. The van der Waals surface area contributed by atoms with Crippen molar-refractivity contribution in [2.75, 3.05) is 33.0 Å². The number of aliphatic hydroxyl groups is 7. The number of carbonyl (C=O) groups is 1. The molecule has 2 rings (SSSR count). The Kier molecular flexibility index (Phi) is 46.5. The van der Waals surface area contributed by atoms with Gasteiger partial charge in [-0.05, 0) is 89.9 Å². The first-order chi connectivity index (χ1) is 38.6. The van der Waals surface area contributed by atoms with Gasteiger partial charge in [0.25, 0.3) is 0 Å². The molecule has 2 aliphatic rings. The summed E-state index contributed by atoms with van der Waals surface area (Å²) in [5.74, 6) is -0.385. The van der Waals surface area contributed by atoms with Gasteiger partial charge < -0.3 is 64.2 Å². The zero-order valence-electron chi connectivity index (χ0n) is 49.1. The number of ether oxygens (including phenoxy) is 6. The van der Waals surface area contributed by atoms with Gasteiger partial charge in [0.2, 0.25) is 0 Å². The van der Waals surface area contributed by atoms with Crippen LogP contribution < -0.4 is 0 Å². The van der Waals surface area contributed by atoms with Crippen molar-refractivity contribution in [1.29, 1.82) is 0 Å². The number of carbonyl (C=O) groups excluding carboxylic acids is 1. The molecule has 0 radical (unpaired) electrons. The van der Waals surface area contributed by atoms with Crippen molar-refractivity contribution < 1.29 is 69.0 Å². The molecule has 2 heterocycles. The highest BCUT2D eigenvalue weighted by atomic mass is 16.7. The van der Waals surface area contributed by atoms with E-state index in [-0.39, 0.29) is 25.6 Å². The molecule has 0 aliphatic carbocycles. The SMILES string of the molecule is CC/C=C\C/C=C\C/C=C\C/C=C\C/C=C\CCCCCCCCCCOCC(COC1OC(COC2OC(CO)C(O)C(O)C2O)C(O)C(O)C1O)OC(=O)CCCCCCCCCCC/C=C\C/C=C\CCCCCCC. The Bertz CT molecular complexity index is 1630. The van der Waals surface area contributed by atoms with Crippen molar-refractivity contribution in [2.45, 2.75) is 287 Å². The van der Waals surface area contributed by atoms with Crippen LogP contribution in [-0.2, 0) is 33.2 Å². The highest BCUT2D eigenvalue weighted by Gasteiger charge is 2.47. The van der Waals surface area contributed by atoms with E-state index in [1.807, 2.05) is 0 Å². The molecule has 0 bridgehead atoms. The minimum absolute atomic E-state index is 0.0498. The van der Waals surface area contributed by atoms with E-state index >= 15 is 0 Å². The van der Waals surface area contributed by atoms with Gasteiger partial charge >= 0.3 is 5.97 Å². The summed E-state index contributed by atoms with van der Waals surface area (Å²) in [6.07, 6.45) is 50.6. The summed E-state index contributed by atoms with van der Waals surface area (Å²) in [6, 6.07) is 0. The number of hydrogen-bond acceptors (Lipinski definition) is 14. The van der Waals surface area contributed by atoms with E-state index in [9.17, 15) is 40.5 Å². The molecule has 11 atom stereocenters. The Balaban J connectivity index is 1.70. The maximum absolute atomic E-state index is 13.1. The third-order valence-corrected chi connectivity index (χ3v) is 14.4. The van der Waals surface area contributed by atoms with Crippen LogP contribution in [0.25, 0.3) is 0 Å².